The summed E-state index contributed by atoms with van der Waals surface area (Å²) in [4.78, 5) is 11.9. The Bertz CT molecular complexity index is 509. The van der Waals surface area contributed by atoms with Crippen LogP contribution < -0.4 is 20.7 Å². The van der Waals surface area contributed by atoms with E-state index in [0.29, 0.717) is 18.8 Å². The number of nitrogens with one attached hydrogen (secondary N) is 3. The molecule has 0 saturated heterocycles. The lowest BCUT2D eigenvalue weighted by molar-refractivity contribution is -0.124. The minimum atomic E-state index is -0.335. The molecule has 0 spiro atoms. The van der Waals surface area contributed by atoms with Crippen molar-refractivity contribution in [3.8, 4) is 5.75 Å². The number of carbonyl (C=O) groups is 1. The van der Waals surface area contributed by atoms with E-state index < -0.39 is 0 Å². The Morgan fingerprint density at radius 3 is 2.38 bits per heavy atom. The molecule has 0 saturated carbocycles. The van der Waals surface area contributed by atoms with E-state index in [0.717, 1.165) is 18.7 Å². The van der Waals surface area contributed by atoms with Crippen LogP contribution in [0.3, 0.4) is 0 Å². The molecule has 1 amide bonds. The number of aliphatic hydroxyl groups is 1. The molecule has 1 rings (SSSR count). The lowest BCUT2D eigenvalue weighted by Gasteiger charge is -2.20. The molecule has 0 radical (unpaired) electrons. The van der Waals surface area contributed by atoms with Gasteiger partial charge in [-0.15, -0.1) is 24.8 Å². The van der Waals surface area contributed by atoms with E-state index in [1.807, 2.05) is 45.0 Å². The van der Waals surface area contributed by atoms with Crippen molar-refractivity contribution in [3.05, 3.63) is 29.8 Å². The van der Waals surface area contributed by atoms with Crippen LogP contribution in [0.25, 0.3) is 0 Å². The quantitative estimate of drug-likeness (QED) is 0.443. The van der Waals surface area contributed by atoms with E-state index in [4.69, 9.17) is 9.84 Å². The average Bonchev–Trinajstić information content (AvgIpc) is 2.47. The molecule has 0 aliphatic heterocycles. The van der Waals surface area contributed by atoms with Crippen LogP contribution >= 0.6 is 24.8 Å². The zero-order chi connectivity index (χ0) is 18.0. The number of ether oxygens (including phenoxy) is 1. The Balaban J connectivity index is 0. The first-order chi connectivity index (χ1) is 11.3. The molecule has 0 fully saturated rings. The van der Waals surface area contributed by atoms with Crippen LogP contribution in [-0.2, 0) is 11.3 Å². The van der Waals surface area contributed by atoms with Gasteiger partial charge >= 0.3 is 0 Å². The van der Waals surface area contributed by atoms with Crippen LogP contribution in [0, 0.1) is 0 Å². The maximum atomic E-state index is 11.9. The minimum absolute atomic E-state index is 0. The van der Waals surface area contributed by atoms with E-state index >= 15 is 0 Å². The van der Waals surface area contributed by atoms with E-state index in [1.54, 1.807) is 6.92 Å². The molecule has 1 aromatic carbocycles. The zero-order valence-corrected chi connectivity index (χ0v) is 17.6. The predicted octanol–water partition coefficient (Wildman–Crippen LogP) is 1.88. The van der Waals surface area contributed by atoms with Gasteiger partial charge in [0.05, 0.1) is 6.10 Å². The molecule has 0 aliphatic rings. The Kier molecular flexibility index (Phi) is 14.7. The first-order valence-electron chi connectivity index (χ1n) is 8.39. The Morgan fingerprint density at radius 1 is 1.15 bits per heavy atom. The van der Waals surface area contributed by atoms with Crippen molar-refractivity contribution in [1.82, 2.24) is 16.0 Å². The summed E-state index contributed by atoms with van der Waals surface area (Å²) in [5.74, 6) is 0.582. The highest BCUT2D eigenvalue weighted by atomic mass is 35.5. The van der Waals surface area contributed by atoms with Crippen LogP contribution in [0.15, 0.2) is 24.3 Å². The molecule has 1 atom stereocenters. The molecule has 26 heavy (non-hydrogen) atoms. The second kappa shape index (κ2) is 14.1. The van der Waals surface area contributed by atoms with E-state index in [9.17, 15) is 4.79 Å². The third kappa shape index (κ3) is 13.2. The first-order valence-corrected chi connectivity index (χ1v) is 8.39. The molecule has 1 unspecified atom stereocenters. The van der Waals surface area contributed by atoms with Gasteiger partial charge in [-0.05, 0) is 33.8 Å². The Hall–Kier alpha value is -1.05. The fourth-order valence-corrected chi connectivity index (χ4v) is 2.10. The summed E-state index contributed by atoms with van der Waals surface area (Å²) in [5, 5.41) is 18.5. The van der Waals surface area contributed by atoms with E-state index in [-0.39, 0.29) is 49.0 Å². The topological polar surface area (TPSA) is 82.6 Å². The van der Waals surface area contributed by atoms with Gasteiger partial charge in [-0.3, -0.25) is 4.79 Å². The van der Waals surface area contributed by atoms with Gasteiger partial charge in [0.15, 0.2) is 6.61 Å². The van der Waals surface area contributed by atoms with Gasteiger partial charge in [0.25, 0.3) is 5.91 Å². The highest BCUT2D eigenvalue weighted by Gasteiger charge is 2.14. The number of rotatable bonds is 10. The summed E-state index contributed by atoms with van der Waals surface area (Å²) in [6, 6.07) is 7.69. The number of halogens is 2. The lowest BCUT2D eigenvalue weighted by Crippen LogP contribution is -2.43. The molecule has 8 heteroatoms. The van der Waals surface area contributed by atoms with Gasteiger partial charge in [0, 0.05) is 37.3 Å². The van der Waals surface area contributed by atoms with Gasteiger partial charge in [0.2, 0.25) is 0 Å². The molecule has 0 aliphatic carbocycles. The second-order valence-corrected chi connectivity index (χ2v) is 6.92. The normalized spacial score (nSPS) is 11.7. The zero-order valence-electron chi connectivity index (χ0n) is 16.0. The summed E-state index contributed by atoms with van der Waals surface area (Å²) in [6.45, 7) is 10.4. The number of carbonyl (C=O) groups excluding carboxylic acids is 1. The van der Waals surface area contributed by atoms with Crippen molar-refractivity contribution < 1.29 is 14.6 Å². The number of hydrogen-bond donors (Lipinski definition) is 4. The summed E-state index contributed by atoms with van der Waals surface area (Å²) in [5.41, 5.74) is 0.747. The minimum Gasteiger partial charge on any atom is -0.483 e. The standard InChI is InChI=1S/C18H31N3O3.2ClH/c1-14(22)11-19-9-10-20-12-15-7-5-6-8-16(15)24-13-17(23)21-18(2,3)4;;/h5-8,14,19-20,22H,9-13H2,1-4H3,(H,21,23);2*1H. The third-order valence-electron chi connectivity index (χ3n) is 3.08. The monoisotopic (exact) mass is 409 g/mol. The Labute approximate surface area is 169 Å². The third-order valence-corrected chi connectivity index (χ3v) is 3.08. The molecule has 0 bridgehead atoms. The molecular weight excluding hydrogens is 377 g/mol. The van der Waals surface area contributed by atoms with Crippen molar-refractivity contribution in [2.45, 2.75) is 45.9 Å². The SMILES string of the molecule is CC(O)CNCCNCc1ccccc1OCC(=O)NC(C)(C)C.Cl.Cl. The van der Waals surface area contributed by atoms with Crippen molar-refractivity contribution >= 4 is 30.7 Å². The molecule has 4 N–H and O–H groups in total. The number of para-hydroxylation sites is 1. The smallest absolute Gasteiger partial charge is 0.258 e. The molecule has 152 valence electrons. The fourth-order valence-electron chi connectivity index (χ4n) is 2.10. The van der Waals surface area contributed by atoms with Crippen LogP contribution in [0.4, 0.5) is 0 Å². The van der Waals surface area contributed by atoms with Gasteiger partial charge in [0.1, 0.15) is 5.75 Å². The number of amides is 1. The van der Waals surface area contributed by atoms with Gasteiger partial charge < -0.3 is 25.8 Å². The highest BCUT2D eigenvalue weighted by molar-refractivity contribution is 5.85. The summed E-state index contributed by atoms with van der Waals surface area (Å²) in [6.07, 6.45) is -0.335. The molecule has 0 heterocycles. The number of hydrogen-bond acceptors (Lipinski definition) is 5. The van der Waals surface area contributed by atoms with Crippen LogP contribution in [0.2, 0.25) is 0 Å². The number of aliphatic hydroxyl groups excluding tert-OH is 1. The van der Waals surface area contributed by atoms with Crippen LogP contribution in [0.5, 0.6) is 5.75 Å². The summed E-state index contributed by atoms with van der Waals surface area (Å²) in [7, 11) is 0. The maximum absolute atomic E-state index is 11.9. The molecule has 0 aromatic heterocycles. The van der Waals surface area contributed by atoms with Crippen LogP contribution in [-0.4, -0.2) is 48.9 Å². The lowest BCUT2D eigenvalue weighted by atomic mass is 10.1. The van der Waals surface area contributed by atoms with Crippen LogP contribution in [0.1, 0.15) is 33.3 Å². The second-order valence-electron chi connectivity index (χ2n) is 6.92. The molecule has 6 nitrogen and oxygen atoms in total. The molecular formula is C18H33Cl2N3O3. The predicted molar refractivity (Wildman–Crippen MR) is 111 cm³/mol. The fraction of sp³-hybridized carbons (Fsp3) is 0.611. The largest absolute Gasteiger partial charge is 0.483 e. The Morgan fingerprint density at radius 2 is 1.77 bits per heavy atom. The number of benzene rings is 1. The van der Waals surface area contributed by atoms with Gasteiger partial charge in [-0.1, -0.05) is 18.2 Å². The summed E-state index contributed by atoms with van der Waals surface area (Å²) < 4.78 is 5.65. The first kappa shape index (κ1) is 27.2. The maximum Gasteiger partial charge on any atom is 0.258 e. The van der Waals surface area contributed by atoms with Crippen molar-refractivity contribution in [2.75, 3.05) is 26.2 Å². The van der Waals surface area contributed by atoms with Gasteiger partial charge in [-0.25, -0.2) is 0 Å². The van der Waals surface area contributed by atoms with E-state index in [2.05, 4.69) is 16.0 Å². The van der Waals surface area contributed by atoms with Crippen molar-refractivity contribution in [1.29, 1.82) is 0 Å². The molecule has 1 aromatic rings. The van der Waals surface area contributed by atoms with E-state index in [1.165, 1.54) is 0 Å². The van der Waals surface area contributed by atoms with Crippen molar-refractivity contribution in [3.63, 3.8) is 0 Å². The average molecular weight is 410 g/mol. The van der Waals surface area contributed by atoms with Crippen molar-refractivity contribution in [2.24, 2.45) is 0 Å². The van der Waals surface area contributed by atoms with Gasteiger partial charge in [-0.2, -0.15) is 0 Å². The summed E-state index contributed by atoms with van der Waals surface area (Å²) >= 11 is 0. The highest BCUT2D eigenvalue weighted by Crippen LogP contribution is 2.17.